The fourth-order valence-corrected chi connectivity index (χ4v) is 3.44. The number of nitrogens with zero attached hydrogens (tertiary/aromatic N) is 2. The summed E-state index contributed by atoms with van der Waals surface area (Å²) in [5.74, 6) is 0.605. The third-order valence-electron chi connectivity index (χ3n) is 4.69. The number of aromatic nitrogens is 1. The van der Waals surface area contributed by atoms with Gasteiger partial charge in [-0.3, -0.25) is 9.88 Å². The van der Waals surface area contributed by atoms with E-state index in [9.17, 15) is 0 Å². The molecule has 0 spiro atoms. The zero-order chi connectivity index (χ0) is 16.8. The smallest absolute Gasteiger partial charge is 0.0713 e. The highest BCUT2D eigenvalue weighted by molar-refractivity contribution is 5.46. The lowest BCUT2D eigenvalue weighted by molar-refractivity contribution is 0.163. The minimum atomic E-state index is 0.516. The molecule has 24 heavy (non-hydrogen) atoms. The van der Waals surface area contributed by atoms with Crippen molar-refractivity contribution >= 4 is 5.69 Å². The largest absolute Gasteiger partial charge is 0.382 e. The molecular weight excluding hydrogens is 298 g/mol. The van der Waals surface area contributed by atoms with Crippen molar-refractivity contribution in [2.45, 2.75) is 32.5 Å². The second-order valence-corrected chi connectivity index (χ2v) is 6.71. The van der Waals surface area contributed by atoms with Crippen LogP contribution in [0.3, 0.4) is 0 Å². The van der Waals surface area contributed by atoms with E-state index in [2.05, 4.69) is 58.5 Å². The summed E-state index contributed by atoms with van der Waals surface area (Å²) in [5.41, 5.74) is 3.56. The van der Waals surface area contributed by atoms with Crippen molar-refractivity contribution in [1.29, 1.82) is 0 Å². The monoisotopic (exact) mass is 325 g/mol. The van der Waals surface area contributed by atoms with Crippen LogP contribution in [0.25, 0.3) is 0 Å². The van der Waals surface area contributed by atoms with Gasteiger partial charge in [-0.1, -0.05) is 25.1 Å². The van der Waals surface area contributed by atoms with Crippen LogP contribution in [-0.2, 0) is 17.9 Å². The number of piperidine rings is 1. The molecule has 1 N–H and O–H groups in total. The van der Waals surface area contributed by atoms with Crippen molar-refractivity contribution in [2.75, 3.05) is 25.5 Å². The maximum Gasteiger partial charge on any atom is 0.0713 e. The van der Waals surface area contributed by atoms with Gasteiger partial charge in [-0.05, 0) is 42.2 Å². The molecular formula is C20H27N3O. The summed E-state index contributed by atoms with van der Waals surface area (Å²) < 4.78 is 5.22. The Hall–Kier alpha value is -1.91. The van der Waals surface area contributed by atoms with E-state index in [1.165, 1.54) is 11.3 Å². The van der Waals surface area contributed by atoms with Crippen molar-refractivity contribution in [2.24, 2.45) is 5.92 Å². The molecule has 0 unspecified atom stereocenters. The summed E-state index contributed by atoms with van der Waals surface area (Å²) in [6.07, 6.45) is 3.03. The predicted molar refractivity (Wildman–Crippen MR) is 97.9 cm³/mol. The Balaban J connectivity index is 1.55. The van der Waals surface area contributed by atoms with Gasteiger partial charge in [0.05, 0.1) is 12.3 Å². The minimum Gasteiger partial charge on any atom is -0.382 e. The van der Waals surface area contributed by atoms with Crippen molar-refractivity contribution < 1.29 is 4.74 Å². The topological polar surface area (TPSA) is 37.4 Å². The molecule has 0 bridgehead atoms. The highest BCUT2D eigenvalue weighted by Crippen LogP contribution is 2.23. The summed E-state index contributed by atoms with van der Waals surface area (Å²) >= 11 is 0. The van der Waals surface area contributed by atoms with E-state index in [0.717, 1.165) is 31.7 Å². The number of ether oxygens (including phenoxy) is 1. The first kappa shape index (κ1) is 16.9. The van der Waals surface area contributed by atoms with Crippen LogP contribution in [0.1, 0.15) is 24.6 Å². The lowest BCUT2D eigenvalue weighted by Gasteiger charge is -2.37. The van der Waals surface area contributed by atoms with Gasteiger partial charge in [0.1, 0.15) is 0 Å². The Morgan fingerprint density at radius 2 is 2.17 bits per heavy atom. The fraction of sp³-hybridized carbons (Fsp3) is 0.450. The van der Waals surface area contributed by atoms with E-state index in [0.29, 0.717) is 18.6 Å². The van der Waals surface area contributed by atoms with Gasteiger partial charge in [0.2, 0.25) is 0 Å². The molecule has 0 radical (unpaired) electrons. The second kappa shape index (κ2) is 8.27. The van der Waals surface area contributed by atoms with Crippen LogP contribution in [-0.4, -0.2) is 36.1 Å². The normalized spacial score (nSPS) is 21.6. The third-order valence-corrected chi connectivity index (χ3v) is 4.69. The van der Waals surface area contributed by atoms with Crippen LogP contribution in [0.4, 0.5) is 5.69 Å². The summed E-state index contributed by atoms with van der Waals surface area (Å²) in [7, 11) is 1.74. The molecule has 1 aliphatic rings. The van der Waals surface area contributed by atoms with Gasteiger partial charge in [-0.2, -0.15) is 0 Å². The number of likely N-dealkylation sites (tertiary alicyclic amines) is 1. The molecule has 2 heterocycles. The number of anilines is 1. The summed E-state index contributed by atoms with van der Waals surface area (Å²) in [6, 6.07) is 15.2. The van der Waals surface area contributed by atoms with Gasteiger partial charge >= 0.3 is 0 Å². The van der Waals surface area contributed by atoms with E-state index in [1.807, 2.05) is 12.3 Å². The molecule has 3 rings (SSSR count). The number of nitrogens with one attached hydrogen (secondary N) is 1. The van der Waals surface area contributed by atoms with Gasteiger partial charge in [0.15, 0.2) is 0 Å². The first-order chi connectivity index (χ1) is 11.7. The molecule has 2 aromatic rings. The molecule has 2 atom stereocenters. The molecule has 0 aliphatic carbocycles. The Morgan fingerprint density at radius 3 is 2.92 bits per heavy atom. The number of rotatable bonds is 6. The molecule has 0 saturated carbocycles. The van der Waals surface area contributed by atoms with Gasteiger partial charge in [0.25, 0.3) is 0 Å². The highest BCUT2D eigenvalue weighted by atomic mass is 16.5. The number of benzene rings is 1. The first-order valence-corrected chi connectivity index (χ1v) is 8.71. The Labute approximate surface area is 144 Å². The van der Waals surface area contributed by atoms with E-state index < -0.39 is 0 Å². The molecule has 1 saturated heterocycles. The van der Waals surface area contributed by atoms with Gasteiger partial charge in [0, 0.05) is 44.7 Å². The molecule has 1 aromatic carbocycles. The summed E-state index contributed by atoms with van der Waals surface area (Å²) in [5, 5.41) is 3.72. The Kier molecular flexibility index (Phi) is 5.83. The average Bonchev–Trinajstić information content (AvgIpc) is 2.59. The third kappa shape index (κ3) is 4.56. The van der Waals surface area contributed by atoms with Gasteiger partial charge in [-0.15, -0.1) is 0 Å². The molecule has 1 fully saturated rings. The lowest BCUT2D eigenvalue weighted by Crippen LogP contribution is -2.44. The van der Waals surface area contributed by atoms with E-state index >= 15 is 0 Å². The summed E-state index contributed by atoms with van der Waals surface area (Å²) in [4.78, 5) is 6.95. The second-order valence-electron chi connectivity index (χ2n) is 6.71. The number of pyridine rings is 1. The summed E-state index contributed by atoms with van der Waals surface area (Å²) in [6.45, 7) is 6.15. The predicted octanol–water partition coefficient (Wildman–Crippen LogP) is 3.55. The number of hydrogen-bond donors (Lipinski definition) is 1. The maximum absolute atomic E-state index is 5.22. The van der Waals surface area contributed by atoms with Crippen molar-refractivity contribution in [3.8, 4) is 0 Å². The van der Waals surface area contributed by atoms with Crippen LogP contribution >= 0.6 is 0 Å². The number of methoxy groups -OCH3 is 1. The molecule has 1 aromatic heterocycles. The van der Waals surface area contributed by atoms with Crippen LogP contribution in [0.15, 0.2) is 48.7 Å². The van der Waals surface area contributed by atoms with Gasteiger partial charge < -0.3 is 10.1 Å². The van der Waals surface area contributed by atoms with Crippen molar-refractivity contribution in [1.82, 2.24) is 9.88 Å². The Morgan fingerprint density at radius 1 is 1.25 bits per heavy atom. The quantitative estimate of drug-likeness (QED) is 0.881. The molecule has 4 heteroatoms. The molecule has 0 amide bonds. The van der Waals surface area contributed by atoms with Crippen LogP contribution < -0.4 is 5.32 Å². The fourth-order valence-electron chi connectivity index (χ4n) is 3.44. The van der Waals surface area contributed by atoms with E-state index in [4.69, 9.17) is 4.74 Å². The molecule has 128 valence electrons. The first-order valence-electron chi connectivity index (χ1n) is 8.71. The molecule has 1 aliphatic heterocycles. The van der Waals surface area contributed by atoms with Crippen molar-refractivity contribution in [3.05, 3.63) is 59.9 Å². The van der Waals surface area contributed by atoms with E-state index in [-0.39, 0.29) is 0 Å². The minimum absolute atomic E-state index is 0.516. The maximum atomic E-state index is 5.22. The zero-order valence-electron chi connectivity index (χ0n) is 14.6. The van der Waals surface area contributed by atoms with Crippen molar-refractivity contribution in [3.63, 3.8) is 0 Å². The van der Waals surface area contributed by atoms with Gasteiger partial charge in [-0.25, -0.2) is 0 Å². The zero-order valence-corrected chi connectivity index (χ0v) is 14.6. The standard InChI is InChI=1S/C20H27N3O/c1-16-13-23(14-19-7-3-4-10-21-19)11-9-20(16)22-18-8-5-6-17(12-18)15-24-2/h3-8,10,12,16,20,22H,9,11,13-15H2,1-2H3/t16-,20+/m1/s1. The average molecular weight is 325 g/mol. The Bertz CT molecular complexity index is 632. The van der Waals surface area contributed by atoms with Crippen LogP contribution in [0, 0.1) is 5.92 Å². The lowest BCUT2D eigenvalue weighted by atomic mass is 9.93. The SMILES string of the molecule is COCc1cccc(N[C@H]2CCN(Cc3ccccn3)C[C@H]2C)c1. The molecule has 4 nitrogen and oxygen atoms in total. The van der Waals surface area contributed by atoms with Crippen LogP contribution in [0.2, 0.25) is 0 Å². The number of hydrogen-bond acceptors (Lipinski definition) is 4. The van der Waals surface area contributed by atoms with Crippen LogP contribution in [0.5, 0.6) is 0 Å². The van der Waals surface area contributed by atoms with E-state index in [1.54, 1.807) is 7.11 Å². The highest BCUT2D eigenvalue weighted by Gasteiger charge is 2.26.